The zero-order valence-corrected chi connectivity index (χ0v) is 22.8. The first-order valence-electron chi connectivity index (χ1n) is 12.7. The maximum atomic E-state index is 13.7. The molecule has 210 valence electrons. The minimum Gasteiger partial charge on any atom is -0.406 e. The van der Waals surface area contributed by atoms with Gasteiger partial charge in [0.05, 0.1) is 6.04 Å². The van der Waals surface area contributed by atoms with Crippen LogP contribution in [0.15, 0.2) is 71.3 Å². The summed E-state index contributed by atoms with van der Waals surface area (Å²) in [7, 11) is 1.92. The number of nitrogens with zero attached hydrogens (tertiary/aromatic N) is 4. The molecule has 1 aliphatic rings. The normalized spacial score (nSPS) is 18.8. The quantitative estimate of drug-likeness (QED) is 0.338. The number of alkyl halides is 3. The van der Waals surface area contributed by atoms with E-state index in [0.717, 1.165) is 11.1 Å². The molecule has 0 bridgehead atoms. The van der Waals surface area contributed by atoms with Gasteiger partial charge in [-0.15, -0.1) is 13.2 Å². The molecule has 0 aliphatic carbocycles. The third-order valence-electron chi connectivity index (χ3n) is 6.66. The zero-order chi connectivity index (χ0) is 28.8. The van der Waals surface area contributed by atoms with E-state index < -0.39 is 12.4 Å². The Balaban J connectivity index is 1.82. The zero-order valence-electron chi connectivity index (χ0n) is 22.8. The minimum absolute atomic E-state index is 0.00544. The highest BCUT2D eigenvalue weighted by Gasteiger charge is 2.44. The maximum absolute atomic E-state index is 13.7. The number of rotatable bonds is 9. The van der Waals surface area contributed by atoms with E-state index in [1.165, 1.54) is 23.9 Å². The van der Waals surface area contributed by atoms with Gasteiger partial charge in [-0.3, -0.25) is 14.7 Å². The summed E-state index contributed by atoms with van der Waals surface area (Å²) in [4.78, 5) is 25.7. The SMILES string of the molecule is C=CNC(N=C)=NCC[C@H]1C(=O)N(CCc2ccc(OC(F)(F)F)cc2)C(c2ccc(C(C)(C)C)cc2)N1C. The predicted molar refractivity (Wildman–Crippen MR) is 148 cm³/mol. The Morgan fingerprint density at radius 1 is 1.10 bits per heavy atom. The number of halogens is 3. The molecule has 1 saturated heterocycles. The van der Waals surface area contributed by atoms with Crippen LogP contribution in [0.1, 0.15) is 50.0 Å². The molecule has 0 aromatic heterocycles. The van der Waals surface area contributed by atoms with E-state index in [4.69, 9.17) is 0 Å². The molecule has 7 nitrogen and oxygen atoms in total. The van der Waals surface area contributed by atoms with Gasteiger partial charge in [0.2, 0.25) is 11.9 Å². The van der Waals surface area contributed by atoms with Crippen LogP contribution in [0.2, 0.25) is 0 Å². The Morgan fingerprint density at radius 3 is 2.28 bits per heavy atom. The van der Waals surface area contributed by atoms with E-state index >= 15 is 0 Å². The molecule has 2 atom stereocenters. The van der Waals surface area contributed by atoms with Crippen molar-refractivity contribution in [2.75, 3.05) is 20.1 Å². The number of carbonyl (C=O) groups excluding carboxylic acids is 1. The van der Waals surface area contributed by atoms with Gasteiger partial charge in [0, 0.05) is 13.1 Å². The van der Waals surface area contributed by atoms with Crippen molar-refractivity contribution in [3.63, 3.8) is 0 Å². The molecule has 1 unspecified atom stereocenters. The third kappa shape index (κ3) is 7.92. The van der Waals surface area contributed by atoms with Crippen LogP contribution < -0.4 is 10.1 Å². The predicted octanol–water partition coefficient (Wildman–Crippen LogP) is 5.45. The van der Waals surface area contributed by atoms with Gasteiger partial charge in [-0.2, -0.15) is 0 Å². The number of guanidine groups is 1. The third-order valence-corrected chi connectivity index (χ3v) is 6.66. The lowest BCUT2D eigenvalue weighted by Crippen LogP contribution is -2.33. The molecule has 1 heterocycles. The first-order chi connectivity index (χ1) is 18.3. The van der Waals surface area contributed by atoms with Gasteiger partial charge < -0.3 is 15.0 Å². The number of aliphatic imine (C=N–C) groups is 2. The maximum Gasteiger partial charge on any atom is 0.573 e. The largest absolute Gasteiger partial charge is 0.573 e. The summed E-state index contributed by atoms with van der Waals surface area (Å²) in [5, 5.41) is 2.80. The summed E-state index contributed by atoms with van der Waals surface area (Å²) in [6.45, 7) is 14.3. The highest BCUT2D eigenvalue weighted by molar-refractivity contribution is 5.85. The number of hydrogen-bond acceptors (Lipinski definition) is 4. The van der Waals surface area contributed by atoms with E-state index in [1.54, 1.807) is 12.1 Å². The molecular formula is C29H36F3N5O2. The van der Waals surface area contributed by atoms with Crippen LogP contribution in [0.3, 0.4) is 0 Å². The molecular weight excluding hydrogens is 507 g/mol. The van der Waals surface area contributed by atoms with Gasteiger partial charge in [-0.25, -0.2) is 4.99 Å². The molecule has 1 fully saturated rings. The molecule has 0 saturated carbocycles. The van der Waals surface area contributed by atoms with E-state index in [9.17, 15) is 18.0 Å². The van der Waals surface area contributed by atoms with Crippen LogP contribution in [-0.2, 0) is 16.6 Å². The molecule has 3 rings (SSSR count). The van der Waals surface area contributed by atoms with E-state index in [0.29, 0.717) is 31.9 Å². The Labute approximate surface area is 228 Å². The molecule has 0 radical (unpaired) electrons. The van der Waals surface area contributed by atoms with E-state index in [2.05, 4.69) is 78.4 Å². The fourth-order valence-corrected chi connectivity index (χ4v) is 4.64. The smallest absolute Gasteiger partial charge is 0.406 e. The second-order valence-corrected chi connectivity index (χ2v) is 10.4. The van der Waals surface area contributed by atoms with Crippen molar-refractivity contribution in [3.8, 4) is 5.75 Å². The number of ether oxygens (including phenoxy) is 1. The van der Waals surface area contributed by atoms with Crippen LogP contribution in [0.25, 0.3) is 0 Å². The Kier molecular flexibility index (Phi) is 9.55. The van der Waals surface area contributed by atoms with Gasteiger partial charge in [-0.05, 0) is 67.0 Å². The number of amides is 1. The van der Waals surface area contributed by atoms with Gasteiger partial charge in [0.1, 0.15) is 11.9 Å². The van der Waals surface area contributed by atoms with Crippen LogP contribution in [0.5, 0.6) is 5.75 Å². The lowest BCUT2D eigenvalue weighted by Gasteiger charge is -2.30. The van der Waals surface area contributed by atoms with Crippen molar-refractivity contribution < 1.29 is 22.7 Å². The lowest BCUT2D eigenvalue weighted by atomic mass is 9.86. The molecule has 2 aromatic carbocycles. The summed E-state index contributed by atoms with van der Waals surface area (Å²) < 4.78 is 41.5. The fourth-order valence-electron chi connectivity index (χ4n) is 4.64. The molecule has 0 spiro atoms. The molecule has 2 aromatic rings. The number of nitrogens with one attached hydrogen (secondary N) is 1. The van der Waals surface area contributed by atoms with Crippen LogP contribution in [0, 0.1) is 0 Å². The number of hydrogen-bond donors (Lipinski definition) is 1. The summed E-state index contributed by atoms with van der Waals surface area (Å²) in [6, 6.07) is 13.6. The monoisotopic (exact) mass is 543 g/mol. The summed E-state index contributed by atoms with van der Waals surface area (Å²) in [5.74, 6) is 0.0293. The van der Waals surface area contributed by atoms with Gasteiger partial charge in [0.15, 0.2) is 0 Å². The fraction of sp³-hybridized carbons (Fsp3) is 0.414. The van der Waals surface area contributed by atoms with Gasteiger partial charge in [-0.1, -0.05) is 63.7 Å². The van der Waals surface area contributed by atoms with Crippen LogP contribution >= 0.6 is 0 Å². The topological polar surface area (TPSA) is 69.5 Å². The minimum atomic E-state index is -4.74. The Morgan fingerprint density at radius 2 is 1.74 bits per heavy atom. The van der Waals surface area contributed by atoms with Crippen molar-refractivity contribution in [2.24, 2.45) is 9.98 Å². The molecule has 39 heavy (non-hydrogen) atoms. The first-order valence-corrected chi connectivity index (χ1v) is 12.7. The highest BCUT2D eigenvalue weighted by Crippen LogP contribution is 2.36. The van der Waals surface area contributed by atoms with E-state index in [1.807, 2.05) is 16.8 Å². The summed E-state index contributed by atoms with van der Waals surface area (Å²) in [6.07, 6.45) is -2.63. The van der Waals surface area contributed by atoms with Crippen molar-refractivity contribution in [1.82, 2.24) is 15.1 Å². The van der Waals surface area contributed by atoms with Crippen molar-refractivity contribution in [3.05, 3.63) is 78.0 Å². The average molecular weight is 544 g/mol. The van der Waals surface area contributed by atoms with Crippen LogP contribution in [0.4, 0.5) is 13.2 Å². The number of carbonyl (C=O) groups is 1. The van der Waals surface area contributed by atoms with Gasteiger partial charge in [0.25, 0.3) is 0 Å². The lowest BCUT2D eigenvalue weighted by molar-refractivity contribution is -0.274. The molecule has 1 aliphatic heterocycles. The second-order valence-electron chi connectivity index (χ2n) is 10.4. The van der Waals surface area contributed by atoms with Crippen LogP contribution in [-0.4, -0.2) is 60.9 Å². The van der Waals surface area contributed by atoms with Crippen molar-refractivity contribution in [1.29, 1.82) is 0 Å². The van der Waals surface area contributed by atoms with E-state index in [-0.39, 0.29) is 23.2 Å². The highest BCUT2D eigenvalue weighted by atomic mass is 19.4. The first kappa shape index (κ1) is 29.9. The van der Waals surface area contributed by atoms with Gasteiger partial charge >= 0.3 is 6.36 Å². The summed E-state index contributed by atoms with van der Waals surface area (Å²) >= 11 is 0. The Bertz CT molecular complexity index is 1170. The molecule has 1 amide bonds. The second kappa shape index (κ2) is 12.5. The summed E-state index contributed by atoms with van der Waals surface area (Å²) in [5.41, 5.74) is 2.97. The number of likely N-dealkylation sites (N-methyl/N-ethyl adjacent to an activating group) is 1. The molecule has 1 N–H and O–H groups in total. The van der Waals surface area contributed by atoms with Crippen molar-refractivity contribution in [2.45, 2.75) is 57.6 Å². The van der Waals surface area contributed by atoms with Crippen molar-refractivity contribution >= 4 is 18.6 Å². The molecule has 10 heteroatoms. The average Bonchev–Trinajstić information content (AvgIpc) is 3.10. The number of benzene rings is 2. The Hall–Kier alpha value is -3.66. The standard InChI is InChI=1S/C29H36F3N5O2/c1-7-34-27(33-5)35-18-16-24-26(38)37(19-17-20-8-14-23(15-9-20)39-29(30,31)32)25(36(24)6)21-10-12-22(13-11-21)28(2,3)4/h7-15,24-25H,1,5,16-19H2,2-4,6H3,(H,34,35)/t24-,25?/m0/s1.